The van der Waals surface area contributed by atoms with Crippen LogP contribution in [0.25, 0.3) is 45.0 Å². The van der Waals surface area contributed by atoms with Crippen LogP contribution in [-0.2, 0) is 0 Å². The fourth-order valence-electron chi connectivity index (χ4n) is 3.92. The maximum atomic E-state index is 4.72. The lowest BCUT2D eigenvalue weighted by atomic mass is 10.0. The predicted molar refractivity (Wildman–Crippen MR) is 114 cm³/mol. The SMILES string of the molecule is Cc1cn(-c2ccnc3nc(-c4[nH]nc5ncc(C6=CCNCC6)cc45)[nH]c23)cn1. The van der Waals surface area contributed by atoms with Gasteiger partial charge in [-0.1, -0.05) is 6.08 Å². The standard InChI is InChI=1S/C21H19N9/c1-12-10-30(11-25-12)16-4-7-23-20-18(16)26-21(27-20)17-15-8-14(9-24-19(15)29-28-17)13-2-5-22-6-3-13/h2,4,7-11,22H,3,5-6H2,1H3,(H,23,26,27)(H,24,28,29). The molecule has 0 saturated carbocycles. The van der Waals surface area contributed by atoms with Gasteiger partial charge >= 0.3 is 0 Å². The van der Waals surface area contributed by atoms with E-state index in [2.05, 4.69) is 47.6 Å². The van der Waals surface area contributed by atoms with Gasteiger partial charge < -0.3 is 14.9 Å². The number of H-pyrrole nitrogens is 2. The number of pyridine rings is 2. The van der Waals surface area contributed by atoms with Crippen LogP contribution in [0.3, 0.4) is 0 Å². The normalized spacial score (nSPS) is 14.5. The second-order valence-electron chi connectivity index (χ2n) is 7.41. The van der Waals surface area contributed by atoms with Crippen LogP contribution in [0.15, 0.2) is 43.1 Å². The highest BCUT2D eigenvalue weighted by Gasteiger charge is 2.17. The Kier molecular flexibility index (Phi) is 3.75. The number of aryl methyl sites for hydroxylation is 1. The fraction of sp³-hybridized carbons (Fsp3) is 0.190. The molecule has 6 rings (SSSR count). The number of aromatic nitrogens is 8. The second kappa shape index (κ2) is 6.60. The van der Waals surface area contributed by atoms with E-state index in [1.807, 2.05) is 30.0 Å². The van der Waals surface area contributed by atoms with Crippen LogP contribution in [0.1, 0.15) is 17.7 Å². The lowest BCUT2D eigenvalue weighted by molar-refractivity contribution is 0.738. The lowest BCUT2D eigenvalue weighted by Crippen LogP contribution is -2.20. The Labute approximate surface area is 171 Å². The molecule has 148 valence electrons. The first kappa shape index (κ1) is 17.0. The van der Waals surface area contributed by atoms with E-state index in [0.717, 1.165) is 53.1 Å². The zero-order valence-electron chi connectivity index (χ0n) is 16.3. The Morgan fingerprint density at radius 3 is 2.93 bits per heavy atom. The van der Waals surface area contributed by atoms with E-state index < -0.39 is 0 Å². The summed E-state index contributed by atoms with van der Waals surface area (Å²) in [6.45, 7) is 3.83. The summed E-state index contributed by atoms with van der Waals surface area (Å²) in [6.07, 6.45) is 10.6. The topological polar surface area (TPSA) is 113 Å². The minimum absolute atomic E-state index is 0.641. The van der Waals surface area contributed by atoms with Gasteiger partial charge in [0.05, 0.1) is 23.1 Å². The van der Waals surface area contributed by atoms with Gasteiger partial charge in [-0.15, -0.1) is 0 Å². The van der Waals surface area contributed by atoms with Crippen molar-refractivity contribution in [2.24, 2.45) is 0 Å². The summed E-state index contributed by atoms with van der Waals surface area (Å²) in [7, 11) is 0. The highest BCUT2D eigenvalue weighted by Crippen LogP contribution is 2.29. The van der Waals surface area contributed by atoms with Gasteiger partial charge in [0.2, 0.25) is 0 Å². The zero-order chi connectivity index (χ0) is 20.1. The lowest BCUT2D eigenvalue weighted by Gasteiger charge is -2.13. The summed E-state index contributed by atoms with van der Waals surface area (Å²) in [5.41, 5.74) is 7.28. The maximum absolute atomic E-state index is 4.72. The number of aromatic amines is 2. The molecular formula is C21H19N9. The highest BCUT2D eigenvalue weighted by molar-refractivity contribution is 5.93. The van der Waals surface area contributed by atoms with Gasteiger partial charge in [0.25, 0.3) is 0 Å². The zero-order valence-corrected chi connectivity index (χ0v) is 16.3. The van der Waals surface area contributed by atoms with Crippen LogP contribution in [0, 0.1) is 6.92 Å². The molecule has 6 heterocycles. The van der Waals surface area contributed by atoms with Gasteiger partial charge in [-0.05, 0) is 43.2 Å². The summed E-state index contributed by atoms with van der Waals surface area (Å²) in [6, 6.07) is 4.08. The molecule has 0 spiro atoms. The molecular weight excluding hydrogens is 378 g/mol. The molecule has 0 aromatic carbocycles. The number of nitrogens with one attached hydrogen (secondary N) is 3. The Bertz CT molecular complexity index is 1420. The monoisotopic (exact) mass is 397 g/mol. The van der Waals surface area contributed by atoms with E-state index in [0.29, 0.717) is 17.1 Å². The molecule has 0 aliphatic carbocycles. The third kappa shape index (κ3) is 2.71. The first-order chi connectivity index (χ1) is 14.8. The van der Waals surface area contributed by atoms with Crippen molar-refractivity contribution < 1.29 is 0 Å². The van der Waals surface area contributed by atoms with Crippen LogP contribution < -0.4 is 5.32 Å². The Balaban J connectivity index is 1.49. The molecule has 9 heteroatoms. The van der Waals surface area contributed by atoms with Crippen molar-refractivity contribution in [3.63, 3.8) is 0 Å². The van der Waals surface area contributed by atoms with Gasteiger partial charge in [0.1, 0.15) is 11.2 Å². The molecule has 0 atom stereocenters. The van der Waals surface area contributed by atoms with Crippen LogP contribution in [0.5, 0.6) is 0 Å². The van der Waals surface area contributed by atoms with Gasteiger partial charge in [-0.3, -0.25) is 5.10 Å². The third-order valence-electron chi connectivity index (χ3n) is 5.44. The van der Waals surface area contributed by atoms with Crippen molar-refractivity contribution in [1.29, 1.82) is 0 Å². The van der Waals surface area contributed by atoms with Crippen molar-refractivity contribution in [2.75, 3.05) is 13.1 Å². The summed E-state index contributed by atoms with van der Waals surface area (Å²) in [5.74, 6) is 0.683. The minimum atomic E-state index is 0.641. The van der Waals surface area contributed by atoms with Crippen LogP contribution in [0.4, 0.5) is 0 Å². The molecule has 0 fully saturated rings. The molecule has 3 N–H and O–H groups in total. The van der Waals surface area contributed by atoms with Gasteiger partial charge in [-0.25, -0.2) is 19.9 Å². The van der Waals surface area contributed by atoms with Gasteiger partial charge in [0, 0.05) is 25.1 Å². The van der Waals surface area contributed by atoms with Crippen molar-refractivity contribution >= 4 is 27.8 Å². The fourth-order valence-corrected chi connectivity index (χ4v) is 3.92. The maximum Gasteiger partial charge on any atom is 0.181 e. The number of nitrogens with zero attached hydrogens (tertiary/aromatic N) is 6. The average Bonchev–Trinajstić information content (AvgIpc) is 3.51. The van der Waals surface area contributed by atoms with Gasteiger partial charge in [-0.2, -0.15) is 5.10 Å². The number of hydrogen-bond donors (Lipinski definition) is 3. The van der Waals surface area contributed by atoms with Crippen molar-refractivity contribution in [3.05, 3.63) is 54.4 Å². The number of imidazole rings is 2. The van der Waals surface area contributed by atoms with Crippen LogP contribution in [-0.4, -0.2) is 52.8 Å². The Morgan fingerprint density at radius 1 is 1.13 bits per heavy atom. The molecule has 1 aliphatic rings. The summed E-state index contributed by atoms with van der Waals surface area (Å²) >= 11 is 0. The molecule has 0 unspecified atom stereocenters. The molecule has 30 heavy (non-hydrogen) atoms. The first-order valence-corrected chi connectivity index (χ1v) is 9.86. The third-order valence-corrected chi connectivity index (χ3v) is 5.44. The molecule has 5 aromatic rings. The van der Waals surface area contributed by atoms with Crippen LogP contribution >= 0.6 is 0 Å². The van der Waals surface area contributed by atoms with E-state index >= 15 is 0 Å². The minimum Gasteiger partial charge on any atom is -0.334 e. The average molecular weight is 397 g/mol. The molecule has 0 bridgehead atoms. The highest BCUT2D eigenvalue weighted by atomic mass is 15.2. The Morgan fingerprint density at radius 2 is 2.10 bits per heavy atom. The second-order valence-corrected chi connectivity index (χ2v) is 7.41. The first-order valence-electron chi connectivity index (χ1n) is 9.86. The van der Waals surface area contributed by atoms with E-state index in [1.54, 1.807) is 12.5 Å². The van der Waals surface area contributed by atoms with Crippen molar-refractivity contribution in [3.8, 4) is 17.2 Å². The smallest absolute Gasteiger partial charge is 0.181 e. The predicted octanol–water partition coefficient (Wildman–Crippen LogP) is 2.77. The van der Waals surface area contributed by atoms with Crippen LogP contribution in [0.2, 0.25) is 0 Å². The number of rotatable bonds is 3. The Hall–Kier alpha value is -3.85. The van der Waals surface area contributed by atoms with E-state index in [9.17, 15) is 0 Å². The number of fused-ring (bicyclic) bond motifs is 2. The molecule has 0 amide bonds. The van der Waals surface area contributed by atoms with E-state index in [1.165, 1.54) is 5.57 Å². The quantitative estimate of drug-likeness (QED) is 0.431. The molecule has 5 aromatic heterocycles. The molecule has 0 saturated heterocycles. The largest absolute Gasteiger partial charge is 0.334 e. The summed E-state index contributed by atoms with van der Waals surface area (Å²) < 4.78 is 1.97. The van der Waals surface area contributed by atoms with Crippen molar-refractivity contribution in [2.45, 2.75) is 13.3 Å². The molecule has 9 nitrogen and oxygen atoms in total. The molecule has 1 aliphatic heterocycles. The van der Waals surface area contributed by atoms with E-state index in [-0.39, 0.29) is 0 Å². The van der Waals surface area contributed by atoms with Gasteiger partial charge in [0.15, 0.2) is 17.1 Å². The molecule has 0 radical (unpaired) electrons. The summed E-state index contributed by atoms with van der Waals surface area (Å²) in [5, 5.41) is 11.8. The number of hydrogen-bond acceptors (Lipinski definition) is 6. The summed E-state index contributed by atoms with van der Waals surface area (Å²) in [4.78, 5) is 21.4. The van der Waals surface area contributed by atoms with Crippen molar-refractivity contribution in [1.82, 2.24) is 45.0 Å². The van der Waals surface area contributed by atoms with E-state index in [4.69, 9.17) is 4.98 Å².